The highest BCUT2D eigenvalue weighted by atomic mass is 16.7. The number of carbonyl (C=O) groups excluding carboxylic acids is 2. The van der Waals surface area contributed by atoms with Gasteiger partial charge in [0.15, 0.2) is 0 Å². The Kier molecular flexibility index (Phi) is 5.86. The lowest BCUT2D eigenvalue weighted by molar-refractivity contribution is -0.141. The summed E-state index contributed by atoms with van der Waals surface area (Å²) in [5.74, 6) is -1.82. The predicted octanol–water partition coefficient (Wildman–Crippen LogP) is 1.54. The Bertz CT molecular complexity index is 554. The van der Waals surface area contributed by atoms with Crippen LogP contribution in [0.1, 0.15) is 24.0 Å². The third-order valence-corrected chi connectivity index (χ3v) is 2.90. The van der Waals surface area contributed by atoms with Crippen molar-refractivity contribution in [3.63, 3.8) is 0 Å². The van der Waals surface area contributed by atoms with Crippen molar-refractivity contribution < 1.29 is 29.0 Å². The first-order valence-corrected chi connectivity index (χ1v) is 6.28. The van der Waals surface area contributed by atoms with Crippen LogP contribution in [0.15, 0.2) is 18.2 Å². The maximum atomic E-state index is 11.5. The molecule has 0 saturated heterocycles. The highest BCUT2D eigenvalue weighted by molar-refractivity contribution is 5.86. The van der Waals surface area contributed by atoms with Crippen molar-refractivity contribution in [2.24, 2.45) is 5.73 Å². The van der Waals surface area contributed by atoms with Crippen molar-refractivity contribution in [1.29, 1.82) is 0 Å². The highest BCUT2D eigenvalue weighted by Crippen LogP contribution is 2.21. The fourth-order valence-corrected chi connectivity index (χ4v) is 1.50. The minimum absolute atomic E-state index is 0.120. The number of aryl methyl sites for hydroxylation is 1. The molecule has 0 fully saturated rings. The summed E-state index contributed by atoms with van der Waals surface area (Å²) >= 11 is 0. The molecule has 1 rings (SSSR count). The predicted molar refractivity (Wildman–Crippen MR) is 72.9 cm³/mol. The number of nitrogens with two attached hydrogens (primary N) is 1. The maximum Gasteiger partial charge on any atom is 0.521 e. The molecule has 1 atom stereocenters. The maximum absolute atomic E-state index is 11.5. The van der Waals surface area contributed by atoms with Gasteiger partial charge in [0.2, 0.25) is 0 Å². The molecule has 7 heteroatoms. The van der Waals surface area contributed by atoms with E-state index in [-0.39, 0.29) is 18.6 Å². The largest absolute Gasteiger partial charge is 0.521 e. The van der Waals surface area contributed by atoms with Crippen LogP contribution in [0.4, 0.5) is 4.79 Å². The van der Waals surface area contributed by atoms with Crippen molar-refractivity contribution >= 4 is 18.1 Å². The van der Waals surface area contributed by atoms with Gasteiger partial charge < -0.3 is 20.3 Å². The van der Waals surface area contributed by atoms with Gasteiger partial charge in [-0.15, -0.1) is 0 Å². The molecule has 0 aliphatic rings. The second-order valence-corrected chi connectivity index (χ2v) is 4.51. The number of rotatable bonds is 5. The number of aliphatic carboxylic acids is 1. The lowest BCUT2D eigenvalue weighted by atomic mass is 10.1. The molecule has 1 aromatic carbocycles. The summed E-state index contributed by atoms with van der Waals surface area (Å²) < 4.78 is 9.34. The molecular formula is C14H17NO6. The van der Waals surface area contributed by atoms with E-state index in [1.807, 2.05) is 13.0 Å². The molecule has 114 valence electrons. The van der Waals surface area contributed by atoms with Gasteiger partial charge in [0, 0.05) is 6.42 Å². The normalized spacial score (nSPS) is 11.6. The van der Waals surface area contributed by atoms with E-state index in [2.05, 4.69) is 4.74 Å². The molecule has 3 N–H and O–H groups in total. The second-order valence-electron chi connectivity index (χ2n) is 4.51. The number of ether oxygens (including phenoxy) is 2. The molecule has 0 aromatic heterocycles. The molecule has 0 saturated carbocycles. The van der Waals surface area contributed by atoms with E-state index in [1.165, 1.54) is 0 Å². The number of carboxylic acids is 1. The van der Waals surface area contributed by atoms with E-state index in [0.717, 1.165) is 11.1 Å². The standard InChI is InChI=1S/C14H17NO6/c1-8-4-3-5-11(9(8)2)20-14(19)21-13(18)10(15)6-7-12(16)17/h3-5,10H,6-7,15H2,1-2H3,(H,16,17)/t10-/m0/s1. The minimum Gasteiger partial charge on any atom is -0.481 e. The summed E-state index contributed by atoms with van der Waals surface area (Å²) in [6.07, 6.45) is -1.60. The third-order valence-electron chi connectivity index (χ3n) is 2.90. The summed E-state index contributed by atoms with van der Waals surface area (Å²) in [5, 5.41) is 8.48. The molecule has 0 amide bonds. The molecule has 21 heavy (non-hydrogen) atoms. The molecule has 0 aliphatic heterocycles. The molecule has 0 unspecified atom stereocenters. The lowest BCUT2D eigenvalue weighted by Gasteiger charge is -2.11. The first-order chi connectivity index (χ1) is 9.81. The van der Waals surface area contributed by atoms with Crippen molar-refractivity contribution in [3.8, 4) is 5.75 Å². The Balaban J connectivity index is 2.55. The topological polar surface area (TPSA) is 116 Å². The molecule has 0 heterocycles. The molecule has 0 spiro atoms. The third kappa shape index (κ3) is 5.23. The number of hydrogen-bond acceptors (Lipinski definition) is 6. The Morgan fingerprint density at radius 3 is 2.57 bits per heavy atom. The van der Waals surface area contributed by atoms with Gasteiger partial charge in [-0.2, -0.15) is 0 Å². The Morgan fingerprint density at radius 2 is 1.95 bits per heavy atom. The molecule has 7 nitrogen and oxygen atoms in total. The Morgan fingerprint density at radius 1 is 1.29 bits per heavy atom. The van der Waals surface area contributed by atoms with Crippen LogP contribution in [0.25, 0.3) is 0 Å². The molecule has 0 radical (unpaired) electrons. The van der Waals surface area contributed by atoms with E-state index < -0.39 is 24.1 Å². The average molecular weight is 295 g/mol. The lowest BCUT2D eigenvalue weighted by Crippen LogP contribution is -2.35. The quantitative estimate of drug-likeness (QED) is 0.480. The van der Waals surface area contributed by atoms with E-state index >= 15 is 0 Å². The zero-order chi connectivity index (χ0) is 16.0. The first-order valence-electron chi connectivity index (χ1n) is 6.28. The Hall–Kier alpha value is -2.41. The van der Waals surface area contributed by atoms with Crippen LogP contribution < -0.4 is 10.5 Å². The number of hydrogen-bond donors (Lipinski definition) is 2. The van der Waals surface area contributed by atoms with E-state index in [0.29, 0.717) is 0 Å². The number of carboxylic acid groups (broad SMARTS) is 1. The average Bonchev–Trinajstić information content (AvgIpc) is 2.41. The van der Waals surface area contributed by atoms with Gasteiger partial charge in [-0.25, -0.2) is 9.59 Å². The van der Waals surface area contributed by atoms with Gasteiger partial charge in [0.25, 0.3) is 0 Å². The van der Waals surface area contributed by atoms with Crippen LogP contribution in [0.2, 0.25) is 0 Å². The summed E-state index contributed by atoms with van der Waals surface area (Å²) in [6, 6.07) is 3.93. The zero-order valence-corrected chi connectivity index (χ0v) is 11.8. The summed E-state index contributed by atoms with van der Waals surface area (Å²) in [4.78, 5) is 33.3. The van der Waals surface area contributed by atoms with Crippen LogP contribution in [0, 0.1) is 13.8 Å². The van der Waals surface area contributed by atoms with Crippen LogP contribution in [-0.2, 0) is 14.3 Å². The van der Waals surface area contributed by atoms with Crippen LogP contribution in [-0.4, -0.2) is 29.2 Å². The number of benzene rings is 1. The molecule has 0 aliphatic carbocycles. The zero-order valence-electron chi connectivity index (χ0n) is 11.8. The van der Waals surface area contributed by atoms with E-state index in [1.54, 1.807) is 19.1 Å². The fraction of sp³-hybridized carbons (Fsp3) is 0.357. The smallest absolute Gasteiger partial charge is 0.481 e. The van der Waals surface area contributed by atoms with Crippen molar-refractivity contribution in [2.75, 3.05) is 0 Å². The highest BCUT2D eigenvalue weighted by Gasteiger charge is 2.21. The summed E-state index contributed by atoms with van der Waals surface area (Å²) in [5.41, 5.74) is 7.08. The SMILES string of the molecule is Cc1cccc(OC(=O)OC(=O)[C@@H](N)CCC(=O)O)c1C. The minimum atomic E-state index is -1.19. The second kappa shape index (κ2) is 7.39. The number of esters is 1. The summed E-state index contributed by atoms with van der Waals surface area (Å²) in [7, 11) is 0. The Labute approximate surface area is 121 Å². The summed E-state index contributed by atoms with van der Waals surface area (Å²) in [6.45, 7) is 3.61. The van der Waals surface area contributed by atoms with Gasteiger partial charge in [0.1, 0.15) is 11.8 Å². The van der Waals surface area contributed by atoms with Crippen molar-refractivity contribution in [3.05, 3.63) is 29.3 Å². The first kappa shape index (κ1) is 16.6. The molecule has 0 bridgehead atoms. The van der Waals surface area contributed by atoms with E-state index in [4.69, 9.17) is 15.6 Å². The fourth-order valence-electron chi connectivity index (χ4n) is 1.50. The van der Waals surface area contributed by atoms with Crippen molar-refractivity contribution in [1.82, 2.24) is 0 Å². The van der Waals surface area contributed by atoms with Crippen LogP contribution in [0.3, 0.4) is 0 Å². The number of carbonyl (C=O) groups is 3. The van der Waals surface area contributed by atoms with Gasteiger partial charge >= 0.3 is 18.1 Å². The van der Waals surface area contributed by atoms with Crippen molar-refractivity contribution in [2.45, 2.75) is 32.7 Å². The molecule has 1 aromatic rings. The van der Waals surface area contributed by atoms with Crippen LogP contribution in [0.5, 0.6) is 5.75 Å². The monoisotopic (exact) mass is 295 g/mol. The van der Waals surface area contributed by atoms with Gasteiger partial charge in [-0.05, 0) is 37.5 Å². The van der Waals surface area contributed by atoms with Crippen LogP contribution >= 0.6 is 0 Å². The van der Waals surface area contributed by atoms with Gasteiger partial charge in [-0.1, -0.05) is 12.1 Å². The van der Waals surface area contributed by atoms with Gasteiger partial charge in [-0.3, -0.25) is 4.79 Å². The molecular weight excluding hydrogens is 278 g/mol. The van der Waals surface area contributed by atoms with E-state index in [9.17, 15) is 14.4 Å². The van der Waals surface area contributed by atoms with Gasteiger partial charge in [0.05, 0.1) is 0 Å².